The van der Waals surface area contributed by atoms with Gasteiger partial charge in [-0.15, -0.1) is 10.2 Å². The molecule has 96 valence electrons. The van der Waals surface area contributed by atoms with Crippen molar-refractivity contribution in [1.82, 2.24) is 14.6 Å². The molecule has 0 N–H and O–H groups in total. The average molecular weight is 267 g/mol. The lowest BCUT2D eigenvalue weighted by Crippen LogP contribution is -2.07. The van der Waals surface area contributed by atoms with Crippen molar-refractivity contribution >= 4 is 15.5 Å². The van der Waals surface area contributed by atoms with E-state index in [2.05, 4.69) is 10.2 Å². The normalized spacial score (nSPS) is 22.4. The lowest BCUT2D eigenvalue weighted by molar-refractivity contribution is 0.412. The highest BCUT2D eigenvalue weighted by atomic mass is 32.2. The van der Waals surface area contributed by atoms with Crippen LogP contribution in [0.15, 0.2) is 18.3 Å². The molecule has 1 aliphatic rings. The predicted molar refractivity (Wildman–Crippen MR) is 65.6 cm³/mol. The van der Waals surface area contributed by atoms with Crippen LogP contribution in [0, 0.1) is 0 Å². The summed E-state index contributed by atoms with van der Waals surface area (Å²) < 4.78 is 30.0. The molecule has 1 atom stereocenters. The van der Waals surface area contributed by atoms with Crippen molar-refractivity contribution in [3.05, 3.63) is 24.2 Å². The van der Waals surface area contributed by atoms with E-state index in [1.165, 1.54) is 0 Å². The molecule has 0 spiro atoms. The summed E-state index contributed by atoms with van der Waals surface area (Å²) in [5.41, 5.74) is 0.704. The average Bonchev–Trinajstić information content (AvgIpc) is 2.91. The van der Waals surface area contributed by atoms with Gasteiger partial charge < -0.3 is 4.74 Å². The van der Waals surface area contributed by atoms with Crippen LogP contribution in [0.2, 0.25) is 0 Å². The van der Waals surface area contributed by atoms with E-state index in [0.717, 1.165) is 0 Å². The molecule has 0 bridgehead atoms. The zero-order valence-electron chi connectivity index (χ0n) is 9.91. The number of sulfone groups is 1. The van der Waals surface area contributed by atoms with Crippen LogP contribution in [-0.4, -0.2) is 41.6 Å². The van der Waals surface area contributed by atoms with Crippen molar-refractivity contribution in [2.75, 3.05) is 18.6 Å². The Morgan fingerprint density at radius 1 is 1.39 bits per heavy atom. The SMILES string of the molecule is COc1ccc2nnc(C3CCS(=O)(=O)C3)n2c1. The second kappa shape index (κ2) is 3.94. The highest BCUT2D eigenvalue weighted by molar-refractivity contribution is 7.91. The molecule has 2 aromatic heterocycles. The number of methoxy groups -OCH3 is 1. The zero-order valence-corrected chi connectivity index (χ0v) is 10.7. The Hall–Kier alpha value is -1.63. The number of pyridine rings is 1. The second-order valence-electron chi connectivity index (χ2n) is 4.46. The topological polar surface area (TPSA) is 73.6 Å². The molecule has 1 aliphatic heterocycles. The summed E-state index contributed by atoms with van der Waals surface area (Å²) in [5, 5.41) is 8.16. The van der Waals surface area contributed by atoms with Crippen LogP contribution in [0.3, 0.4) is 0 Å². The zero-order chi connectivity index (χ0) is 12.8. The van der Waals surface area contributed by atoms with Gasteiger partial charge in [0.25, 0.3) is 0 Å². The molecule has 0 aromatic carbocycles. The monoisotopic (exact) mass is 267 g/mol. The Morgan fingerprint density at radius 3 is 2.89 bits per heavy atom. The molecule has 6 nitrogen and oxygen atoms in total. The van der Waals surface area contributed by atoms with Crippen molar-refractivity contribution in [2.45, 2.75) is 12.3 Å². The van der Waals surface area contributed by atoms with Crippen molar-refractivity contribution < 1.29 is 13.2 Å². The van der Waals surface area contributed by atoms with E-state index in [9.17, 15) is 8.42 Å². The predicted octanol–water partition coefficient (Wildman–Crippen LogP) is 0.640. The van der Waals surface area contributed by atoms with Crippen LogP contribution in [0.4, 0.5) is 0 Å². The smallest absolute Gasteiger partial charge is 0.161 e. The third-order valence-electron chi connectivity index (χ3n) is 3.23. The summed E-state index contributed by atoms with van der Waals surface area (Å²) in [6.07, 6.45) is 2.40. The summed E-state index contributed by atoms with van der Waals surface area (Å²) in [5.74, 6) is 1.72. The van der Waals surface area contributed by atoms with E-state index in [1.54, 1.807) is 25.4 Å². The van der Waals surface area contributed by atoms with Gasteiger partial charge in [0.15, 0.2) is 15.5 Å². The van der Waals surface area contributed by atoms with Gasteiger partial charge >= 0.3 is 0 Å². The molecule has 1 saturated heterocycles. The minimum Gasteiger partial charge on any atom is -0.495 e. The molecule has 0 amide bonds. The van der Waals surface area contributed by atoms with Gasteiger partial charge in [-0.1, -0.05) is 0 Å². The minimum atomic E-state index is -2.92. The fraction of sp³-hybridized carbons (Fsp3) is 0.455. The summed E-state index contributed by atoms with van der Waals surface area (Å²) in [6, 6.07) is 3.61. The van der Waals surface area contributed by atoms with Crippen LogP contribution in [0.5, 0.6) is 5.75 Å². The lowest BCUT2D eigenvalue weighted by atomic mass is 10.1. The van der Waals surface area contributed by atoms with Crippen LogP contribution < -0.4 is 4.74 Å². The molecule has 0 saturated carbocycles. The van der Waals surface area contributed by atoms with Crippen LogP contribution in [0.25, 0.3) is 5.65 Å². The first-order valence-corrected chi connectivity index (χ1v) is 7.50. The molecule has 2 aromatic rings. The highest BCUT2D eigenvalue weighted by Crippen LogP contribution is 2.28. The Bertz CT molecular complexity index is 693. The summed E-state index contributed by atoms with van der Waals surface area (Å²) in [4.78, 5) is 0. The van der Waals surface area contributed by atoms with E-state index in [4.69, 9.17) is 4.74 Å². The molecule has 1 unspecified atom stereocenters. The van der Waals surface area contributed by atoms with Crippen LogP contribution in [0.1, 0.15) is 18.2 Å². The van der Waals surface area contributed by atoms with Gasteiger partial charge in [-0.3, -0.25) is 4.40 Å². The van der Waals surface area contributed by atoms with E-state index in [0.29, 0.717) is 23.6 Å². The van der Waals surface area contributed by atoms with E-state index < -0.39 is 9.84 Å². The van der Waals surface area contributed by atoms with Crippen LogP contribution in [-0.2, 0) is 9.84 Å². The minimum absolute atomic E-state index is 0.0721. The van der Waals surface area contributed by atoms with E-state index >= 15 is 0 Å². The maximum Gasteiger partial charge on any atom is 0.161 e. The molecule has 3 heterocycles. The number of hydrogen-bond donors (Lipinski definition) is 0. The van der Waals surface area contributed by atoms with Crippen molar-refractivity contribution in [3.8, 4) is 5.75 Å². The molecular formula is C11H13N3O3S. The standard InChI is InChI=1S/C11H13N3O3S/c1-17-9-2-3-10-12-13-11(14(10)6-9)8-4-5-18(15,16)7-8/h2-3,6,8H,4-5,7H2,1H3. The fourth-order valence-electron chi connectivity index (χ4n) is 2.29. The molecule has 7 heteroatoms. The lowest BCUT2D eigenvalue weighted by Gasteiger charge is -2.06. The van der Waals surface area contributed by atoms with Gasteiger partial charge in [0.2, 0.25) is 0 Å². The largest absolute Gasteiger partial charge is 0.495 e. The third kappa shape index (κ3) is 1.84. The summed E-state index contributed by atoms with van der Waals surface area (Å²) in [7, 11) is -1.33. The van der Waals surface area contributed by atoms with Gasteiger partial charge in [0, 0.05) is 5.92 Å². The molecular weight excluding hydrogens is 254 g/mol. The second-order valence-corrected chi connectivity index (χ2v) is 6.68. The Kier molecular flexibility index (Phi) is 2.51. The Labute approximate surface area is 105 Å². The first kappa shape index (κ1) is 11.5. The maximum absolute atomic E-state index is 11.5. The van der Waals surface area contributed by atoms with E-state index in [1.807, 2.05) is 4.40 Å². The summed E-state index contributed by atoms with van der Waals surface area (Å²) in [6.45, 7) is 0. The third-order valence-corrected chi connectivity index (χ3v) is 5.00. The van der Waals surface area contributed by atoms with E-state index in [-0.39, 0.29) is 17.4 Å². The number of hydrogen-bond acceptors (Lipinski definition) is 5. The number of rotatable bonds is 2. The quantitative estimate of drug-likeness (QED) is 0.798. The first-order chi connectivity index (χ1) is 8.59. The molecule has 1 fully saturated rings. The Balaban J connectivity index is 2.07. The summed E-state index contributed by atoms with van der Waals surface area (Å²) >= 11 is 0. The molecule has 0 aliphatic carbocycles. The Morgan fingerprint density at radius 2 is 2.22 bits per heavy atom. The maximum atomic E-state index is 11.5. The van der Waals surface area contributed by atoms with Gasteiger partial charge in [-0.05, 0) is 18.6 Å². The highest BCUT2D eigenvalue weighted by Gasteiger charge is 2.32. The van der Waals surface area contributed by atoms with Crippen molar-refractivity contribution in [2.24, 2.45) is 0 Å². The van der Waals surface area contributed by atoms with Gasteiger partial charge in [-0.2, -0.15) is 0 Å². The number of fused-ring (bicyclic) bond motifs is 1. The van der Waals surface area contributed by atoms with Crippen molar-refractivity contribution in [1.29, 1.82) is 0 Å². The van der Waals surface area contributed by atoms with Crippen molar-refractivity contribution in [3.63, 3.8) is 0 Å². The molecule has 0 radical (unpaired) electrons. The number of aromatic nitrogens is 3. The van der Waals surface area contributed by atoms with Crippen LogP contribution >= 0.6 is 0 Å². The molecule has 3 rings (SSSR count). The van der Waals surface area contributed by atoms with Gasteiger partial charge in [0.05, 0.1) is 24.8 Å². The van der Waals surface area contributed by atoms with Gasteiger partial charge in [-0.25, -0.2) is 8.42 Å². The first-order valence-electron chi connectivity index (χ1n) is 5.68. The fourth-order valence-corrected chi connectivity index (χ4v) is 4.03. The number of ether oxygens (including phenoxy) is 1. The molecule has 18 heavy (non-hydrogen) atoms. The van der Waals surface area contributed by atoms with Gasteiger partial charge in [0.1, 0.15) is 11.6 Å². The number of nitrogens with zero attached hydrogens (tertiary/aromatic N) is 3.